The number of methoxy groups -OCH3 is 1. The molecule has 0 aliphatic carbocycles. The van der Waals surface area contributed by atoms with E-state index in [1.165, 1.54) is 0 Å². The Morgan fingerprint density at radius 2 is 1.96 bits per heavy atom. The molecule has 1 aromatic carbocycles. The van der Waals surface area contributed by atoms with Crippen molar-refractivity contribution in [2.24, 2.45) is 0 Å². The summed E-state index contributed by atoms with van der Waals surface area (Å²) >= 11 is 1.59. The number of carbonyl (C=O) groups is 1. The second kappa shape index (κ2) is 8.53. The molecule has 0 bridgehead atoms. The summed E-state index contributed by atoms with van der Waals surface area (Å²) in [5.74, 6) is 2.20. The van der Waals surface area contributed by atoms with Gasteiger partial charge in [0, 0.05) is 26.2 Å². The Morgan fingerprint density at radius 3 is 2.64 bits per heavy atom. The highest BCUT2D eigenvalue weighted by Crippen LogP contribution is 2.22. The lowest BCUT2D eigenvalue weighted by Crippen LogP contribution is -2.48. The highest BCUT2D eigenvalue weighted by atomic mass is 32.1. The van der Waals surface area contributed by atoms with Crippen LogP contribution < -0.4 is 4.74 Å². The zero-order valence-electron chi connectivity index (χ0n) is 15.7. The van der Waals surface area contributed by atoms with Crippen molar-refractivity contribution >= 4 is 17.2 Å². The number of rotatable bonds is 6. The van der Waals surface area contributed by atoms with E-state index in [4.69, 9.17) is 9.26 Å². The van der Waals surface area contributed by atoms with Gasteiger partial charge in [0.15, 0.2) is 0 Å². The van der Waals surface area contributed by atoms with Gasteiger partial charge in [0.05, 0.1) is 25.0 Å². The molecule has 0 atom stereocenters. The van der Waals surface area contributed by atoms with Crippen molar-refractivity contribution in [2.75, 3.05) is 33.3 Å². The van der Waals surface area contributed by atoms with Gasteiger partial charge in [-0.1, -0.05) is 23.4 Å². The first-order valence-electron chi connectivity index (χ1n) is 9.21. The molecule has 2 aromatic heterocycles. The van der Waals surface area contributed by atoms with Crippen molar-refractivity contribution in [1.29, 1.82) is 0 Å². The smallest absolute Gasteiger partial charge is 0.241 e. The number of piperazine rings is 1. The topological polar surface area (TPSA) is 71.7 Å². The van der Waals surface area contributed by atoms with Gasteiger partial charge in [0.2, 0.25) is 17.6 Å². The van der Waals surface area contributed by atoms with E-state index in [9.17, 15) is 4.79 Å². The van der Waals surface area contributed by atoms with Crippen LogP contribution in [-0.4, -0.2) is 59.1 Å². The second-order valence-electron chi connectivity index (χ2n) is 6.67. The molecule has 3 aromatic rings. The lowest BCUT2D eigenvalue weighted by Gasteiger charge is -2.34. The Bertz CT molecular complexity index is 900. The number of amides is 1. The van der Waals surface area contributed by atoms with Gasteiger partial charge in [0.25, 0.3) is 0 Å². The predicted molar refractivity (Wildman–Crippen MR) is 106 cm³/mol. The fraction of sp³-hybridized carbons (Fsp3) is 0.350. The maximum atomic E-state index is 12.6. The summed E-state index contributed by atoms with van der Waals surface area (Å²) in [7, 11) is 1.64. The molecule has 8 heteroatoms. The summed E-state index contributed by atoms with van der Waals surface area (Å²) in [6, 6.07) is 11.6. The molecular formula is C20H22N4O3S. The minimum Gasteiger partial charge on any atom is -0.497 e. The van der Waals surface area contributed by atoms with E-state index in [-0.39, 0.29) is 5.91 Å². The van der Waals surface area contributed by atoms with Crippen LogP contribution in [-0.2, 0) is 17.8 Å². The number of carbonyl (C=O) groups excluding carboxylic acids is 1. The maximum Gasteiger partial charge on any atom is 0.241 e. The zero-order valence-corrected chi connectivity index (χ0v) is 16.5. The monoisotopic (exact) mass is 398 g/mol. The fourth-order valence-electron chi connectivity index (χ4n) is 3.20. The number of benzene rings is 1. The molecule has 3 heterocycles. The number of ether oxygens (including phenoxy) is 1. The van der Waals surface area contributed by atoms with Crippen LogP contribution in [0.25, 0.3) is 10.7 Å². The second-order valence-corrected chi connectivity index (χ2v) is 7.62. The van der Waals surface area contributed by atoms with Gasteiger partial charge in [-0.15, -0.1) is 11.3 Å². The van der Waals surface area contributed by atoms with Crippen LogP contribution in [0.5, 0.6) is 5.75 Å². The third kappa shape index (κ3) is 4.40. The minimum absolute atomic E-state index is 0.155. The van der Waals surface area contributed by atoms with Gasteiger partial charge in [-0.25, -0.2) is 0 Å². The Balaban J connectivity index is 1.26. The average Bonchev–Trinajstić information content (AvgIpc) is 3.41. The molecule has 146 valence electrons. The summed E-state index contributed by atoms with van der Waals surface area (Å²) in [6.45, 7) is 3.62. The molecule has 28 heavy (non-hydrogen) atoms. The molecule has 4 rings (SSSR count). The van der Waals surface area contributed by atoms with Gasteiger partial charge in [0.1, 0.15) is 5.75 Å². The summed E-state index contributed by atoms with van der Waals surface area (Å²) in [5.41, 5.74) is 1.00. The van der Waals surface area contributed by atoms with Crippen molar-refractivity contribution in [3.05, 3.63) is 53.2 Å². The highest BCUT2D eigenvalue weighted by molar-refractivity contribution is 7.13. The van der Waals surface area contributed by atoms with Gasteiger partial charge in [-0.2, -0.15) is 4.98 Å². The molecule has 0 radical (unpaired) electrons. The van der Waals surface area contributed by atoms with E-state index in [1.54, 1.807) is 18.4 Å². The maximum absolute atomic E-state index is 12.6. The Kier molecular flexibility index (Phi) is 5.68. The van der Waals surface area contributed by atoms with Crippen LogP contribution in [0.15, 0.2) is 46.3 Å². The lowest BCUT2D eigenvalue weighted by atomic mass is 10.1. The lowest BCUT2D eigenvalue weighted by molar-refractivity contribution is -0.132. The molecule has 1 amide bonds. The third-order valence-corrected chi connectivity index (χ3v) is 5.67. The number of hydrogen-bond donors (Lipinski definition) is 0. The van der Waals surface area contributed by atoms with Gasteiger partial charge < -0.3 is 14.2 Å². The van der Waals surface area contributed by atoms with Crippen LogP contribution in [0.1, 0.15) is 11.5 Å². The van der Waals surface area contributed by atoms with Crippen LogP contribution in [0.3, 0.4) is 0 Å². The molecular weight excluding hydrogens is 376 g/mol. The molecule has 0 N–H and O–H groups in total. The number of aromatic nitrogens is 2. The first-order valence-corrected chi connectivity index (χ1v) is 10.1. The molecule has 7 nitrogen and oxygen atoms in total. The first-order chi connectivity index (χ1) is 13.7. The average molecular weight is 398 g/mol. The Hall–Kier alpha value is -2.71. The highest BCUT2D eigenvalue weighted by Gasteiger charge is 2.22. The molecule has 1 aliphatic rings. The summed E-state index contributed by atoms with van der Waals surface area (Å²) in [6.07, 6.45) is 0.415. The quantitative estimate of drug-likeness (QED) is 0.636. The van der Waals surface area contributed by atoms with E-state index in [2.05, 4.69) is 15.0 Å². The molecule has 1 aliphatic heterocycles. The van der Waals surface area contributed by atoms with Gasteiger partial charge in [-0.3, -0.25) is 9.69 Å². The van der Waals surface area contributed by atoms with E-state index in [0.29, 0.717) is 37.8 Å². The van der Waals surface area contributed by atoms with E-state index >= 15 is 0 Å². The van der Waals surface area contributed by atoms with Crippen LogP contribution in [0.2, 0.25) is 0 Å². The first kappa shape index (κ1) is 18.6. The Labute approximate surface area is 167 Å². The number of hydrogen-bond acceptors (Lipinski definition) is 7. The van der Waals surface area contributed by atoms with Crippen molar-refractivity contribution in [2.45, 2.75) is 13.0 Å². The van der Waals surface area contributed by atoms with Gasteiger partial charge in [-0.05, 0) is 29.1 Å². The predicted octanol–water partition coefficient (Wildman–Crippen LogP) is 2.69. The zero-order chi connectivity index (χ0) is 19.3. The molecule has 0 spiro atoms. The van der Waals surface area contributed by atoms with E-state index in [0.717, 1.165) is 29.3 Å². The SMILES string of the molecule is COc1ccc(CC(=O)N2CCN(Cc3nc(-c4cccs4)no3)CC2)cc1. The summed E-state index contributed by atoms with van der Waals surface area (Å²) < 4.78 is 10.5. The third-order valence-electron chi connectivity index (χ3n) is 4.81. The standard InChI is InChI=1S/C20H22N4O3S/c1-26-16-6-4-15(5-7-16)13-19(25)24-10-8-23(9-11-24)14-18-21-20(22-27-18)17-3-2-12-28-17/h2-7,12H,8-11,13-14H2,1H3. The van der Waals surface area contributed by atoms with Gasteiger partial charge >= 0.3 is 0 Å². The van der Waals surface area contributed by atoms with Crippen LogP contribution >= 0.6 is 11.3 Å². The largest absolute Gasteiger partial charge is 0.497 e. The van der Waals surface area contributed by atoms with Crippen molar-refractivity contribution in [3.8, 4) is 16.5 Å². The molecule has 1 fully saturated rings. The van der Waals surface area contributed by atoms with E-state index < -0.39 is 0 Å². The van der Waals surface area contributed by atoms with Crippen molar-refractivity contribution in [1.82, 2.24) is 19.9 Å². The fourth-order valence-corrected chi connectivity index (χ4v) is 3.85. The molecule has 0 saturated carbocycles. The summed E-state index contributed by atoms with van der Waals surface area (Å²) in [5, 5.41) is 6.04. The van der Waals surface area contributed by atoms with Crippen molar-refractivity contribution in [3.63, 3.8) is 0 Å². The van der Waals surface area contributed by atoms with Crippen LogP contribution in [0, 0.1) is 0 Å². The molecule has 1 saturated heterocycles. The Morgan fingerprint density at radius 1 is 1.18 bits per heavy atom. The number of thiophene rings is 1. The summed E-state index contributed by atoms with van der Waals surface area (Å²) in [4.78, 5) is 22.2. The van der Waals surface area contributed by atoms with Crippen molar-refractivity contribution < 1.29 is 14.1 Å². The normalized spacial score (nSPS) is 15.0. The molecule has 0 unspecified atom stereocenters. The number of nitrogens with zero attached hydrogens (tertiary/aromatic N) is 4. The van der Waals surface area contributed by atoms with Crippen LogP contribution in [0.4, 0.5) is 0 Å². The van der Waals surface area contributed by atoms with E-state index in [1.807, 2.05) is 46.7 Å². The minimum atomic E-state index is 0.155.